The maximum Gasteiger partial charge on any atom is 0.134 e. The Hall–Kier alpha value is -1.94. The SMILES string of the molecule is Cc1ccc(F)c(C(O)C2Cc3ccccc3O2)c1F. The molecule has 2 nitrogen and oxygen atoms in total. The van der Waals surface area contributed by atoms with Gasteiger partial charge in [-0.1, -0.05) is 24.3 Å². The monoisotopic (exact) mass is 276 g/mol. The Morgan fingerprint density at radius 3 is 2.70 bits per heavy atom. The van der Waals surface area contributed by atoms with Gasteiger partial charge in [0.15, 0.2) is 0 Å². The number of aryl methyl sites for hydroxylation is 1. The first kappa shape index (κ1) is 13.1. The van der Waals surface area contributed by atoms with Gasteiger partial charge in [0.05, 0.1) is 5.56 Å². The van der Waals surface area contributed by atoms with Gasteiger partial charge in [0, 0.05) is 6.42 Å². The second-order valence-corrected chi connectivity index (χ2v) is 5.00. The van der Waals surface area contributed by atoms with E-state index >= 15 is 0 Å². The maximum absolute atomic E-state index is 14.0. The molecule has 0 spiro atoms. The molecule has 2 atom stereocenters. The molecule has 104 valence electrons. The molecule has 1 aliphatic rings. The molecular weight excluding hydrogens is 262 g/mol. The number of para-hydroxylation sites is 1. The van der Waals surface area contributed by atoms with Crippen LogP contribution in [0.2, 0.25) is 0 Å². The quantitative estimate of drug-likeness (QED) is 0.912. The molecule has 0 radical (unpaired) electrons. The highest BCUT2D eigenvalue weighted by Crippen LogP contribution is 2.35. The Morgan fingerprint density at radius 2 is 1.95 bits per heavy atom. The van der Waals surface area contributed by atoms with Crippen molar-refractivity contribution in [2.45, 2.75) is 25.6 Å². The van der Waals surface area contributed by atoms with Crippen molar-refractivity contribution in [2.75, 3.05) is 0 Å². The molecule has 1 heterocycles. The molecule has 2 aromatic rings. The lowest BCUT2D eigenvalue weighted by molar-refractivity contribution is 0.0440. The molecule has 3 rings (SSSR count). The van der Waals surface area contributed by atoms with E-state index in [1.807, 2.05) is 18.2 Å². The van der Waals surface area contributed by atoms with Crippen LogP contribution in [-0.4, -0.2) is 11.2 Å². The van der Waals surface area contributed by atoms with Gasteiger partial charge in [0.1, 0.15) is 29.6 Å². The highest BCUT2D eigenvalue weighted by atomic mass is 19.1. The summed E-state index contributed by atoms with van der Waals surface area (Å²) in [6.07, 6.45) is -1.56. The Bertz CT molecular complexity index is 630. The lowest BCUT2D eigenvalue weighted by Gasteiger charge is -2.20. The van der Waals surface area contributed by atoms with Crippen molar-refractivity contribution in [2.24, 2.45) is 0 Å². The minimum absolute atomic E-state index is 0.302. The summed E-state index contributed by atoms with van der Waals surface area (Å²) in [4.78, 5) is 0. The van der Waals surface area contributed by atoms with E-state index in [4.69, 9.17) is 4.74 Å². The number of benzene rings is 2. The van der Waals surface area contributed by atoms with Crippen molar-refractivity contribution in [3.63, 3.8) is 0 Å². The molecule has 4 heteroatoms. The number of halogens is 2. The normalized spacial score (nSPS) is 18.5. The zero-order valence-corrected chi connectivity index (χ0v) is 10.9. The van der Waals surface area contributed by atoms with Gasteiger partial charge in [-0.15, -0.1) is 0 Å². The first-order chi connectivity index (χ1) is 9.58. The van der Waals surface area contributed by atoms with Crippen molar-refractivity contribution in [1.82, 2.24) is 0 Å². The molecule has 0 saturated heterocycles. The fourth-order valence-electron chi connectivity index (χ4n) is 2.52. The van der Waals surface area contributed by atoms with E-state index in [0.717, 1.165) is 5.56 Å². The Morgan fingerprint density at radius 1 is 1.20 bits per heavy atom. The van der Waals surface area contributed by atoms with Crippen molar-refractivity contribution in [3.8, 4) is 5.75 Å². The summed E-state index contributed by atoms with van der Waals surface area (Å²) in [6.45, 7) is 1.54. The molecule has 2 unspecified atom stereocenters. The van der Waals surface area contributed by atoms with Crippen LogP contribution in [0, 0.1) is 18.6 Å². The number of ether oxygens (including phenoxy) is 1. The van der Waals surface area contributed by atoms with Crippen LogP contribution >= 0.6 is 0 Å². The van der Waals surface area contributed by atoms with Crippen molar-refractivity contribution < 1.29 is 18.6 Å². The molecular formula is C16H14F2O2. The van der Waals surface area contributed by atoms with Crippen LogP contribution in [0.15, 0.2) is 36.4 Å². The number of aliphatic hydroxyl groups excluding tert-OH is 1. The van der Waals surface area contributed by atoms with Gasteiger partial charge in [0.2, 0.25) is 0 Å². The van der Waals surface area contributed by atoms with Crippen molar-refractivity contribution in [1.29, 1.82) is 0 Å². The molecule has 0 bridgehead atoms. The summed E-state index contributed by atoms with van der Waals surface area (Å²) in [5.41, 5.74) is 0.920. The summed E-state index contributed by atoms with van der Waals surface area (Å²) >= 11 is 0. The lowest BCUT2D eigenvalue weighted by atomic mass is 9.98. The fourth-order valence-corrected chi connectivity index (χ4v) is 2.52. The van der Waals surface area contributed by atoms with E-state index in [0.29, 0.717) is 17.7 Å². The highest BCUT2D eigenvalue weighted by Gasteiger charge is 2.33. The molecule has 2 aromatic carbocycles. The van der Waals surface area contributed by atoms with Crippen LogP contribution in [0.4, 0.5) is 8.78 Å². The molecule has 0 fully saturated rings. The predicted octanol–water partition coefficient (Wildman–Crippen LogP) is 3.31. The molecule has 0 aliphatic carbocycles. The lowest BCUT2D eigenvalue weighted by Crippen LogP contribution is -2.25. The summed E-state index contributed by atoms with van der Waals surface area (Å²) in [5, 5.41) is 10.3. The average Bonchev–Trinajstić information content (AvgIpc) is 2.87. The van der Waals surface area contributed by atoms with E-state index < -0.39 is 23.8 Å². The van der Waals surface area contributed by atoms with E-state index in [-0.39, 0.29) is 5.56 Å². The average molecular weight is 276 g/mol. The molecule has 1 N–H and O–H groups in total. The topological polar surface area (TPSA) is 29.5 Å². The highest BCUT2D eigenvalue weighted by molar-refractivity contribution is 5.39. The molecule has 20 heavy (non-hydrogen) atoms. The largest absolute Gasteiger partial charge is 0.487 e. The zero-order valence-electron chi connectivity index (χ0n) is 10.9. The minimum atomic E-state index is -1.33. The molecule has 1 aliphatic heterocycles. The van der Waals surface area contributed by atoms with Crippen LogP contribution < -0.4 is 4.74 Å². The first-order valence-electron chi connectivity index (χ1n) is 6.45. The van der Waals surface area contributed by atoms with E-state index in [9.17, 15) is 13.9 Å². The molecule has 0 amide bonds. The number of aliphatic hydroxyl groups is 1. The Labute approximate surface area is 115 Å². The van der Waals surface area contributed by atoms with Gasteiger partial charge in [-0.05, 0) is 30.2 Å². The third-order valence-electron chi connectivity index (χ3n) is 3.64. The summed E-state index contributed by atoms with van der Waals surface area (Å²) in [5.74, 6) is -0.803. The van der Waals surface area contributed by atoms with E-state index in [1.165, 1.54) is 19.1 Å². The summed E-state index contributed by atoms with van der Waals surface area (Å²) in [7, 11) is 0. The third kappa shape index (κ3) is 2.06. The molecule has 0 saturated carbocycles. The third-order valence-corrected chi connectivity index (χ3v) is 3.64. The van der Waals surface area contributed by atoms with Crippen LogP contribution in [0.1, 0.15) is 22.8 Å². The summed E-state index contributed by atoms with van der Waals surface area (Å²) < 4.78 is 33.4. The van der Waals surface area contributed by atoms with Crippen molar-refractivity contribution in [3.05, 3.63) is 64.7 Å². The van der Waals surface area contributed by atoms with Gasteiger partial charge < -0.3 is 9.84 Å². The maximum atomic E-state index is 14.0. The Kier molecular flexibility index (Phi) is 3.18. The zero-order chi connectivity index (χ0) is 14.3. The van der Waals surface area contributed by atoms with E-state index in [2.05, 4.69) is 0 Å². The number of rotatable bonds is 2. The number of hydrogen-bond acceptors (Lipinski definition) is 2. The second-order valence-electron chi connectivity index (χ2n) is 5.00. The van der Waals surface area contributed by atoms with Gasteiger partial charge in [-0.2, -0.15) is 0 Å². The second kappa shape index (κ2) is 4.87. The van der Waals surface area contributed by atoms with Crippen LogP contribution in [0.25, 0.3) is 0 Å². The predicted molar refractivity (Wildman–Crippen MR) is 70.6 cm³/mol. The smallest absolute Gasteiger partial charge is 0.134 e. The number of hydrogen-bond donors (Lipinski definition) is 1. The van der Waals surface area contributed by atoms with Crippen LogP contribution in [0.5, 0.6) is 5.75 Å². The van der Waals surface area contributed by atoms with Gasteiger partial charge in [-0.3, -0.25) is 0 Å². The van der Waals surface area contributed by atoms with Gasteiger partial charge in [0.25, 0.3) is 0 Å². The molecule has 0 aromatic heterocycles. The number of fused-ring (bicyclic) bond motifs is 1. The van der Waals surface area contributed by atoms with Gasteiger partial charge >= 0.3 is 0 Å². The fraction of sp³-hybridized carbons (Fsp3) is 0.250. The summed E-state index contributed by atoms with van der Waals surface area (Å²) in [6, 6.07) is 9.87. The minimum Gasteiger partial charge on any atom is -0.487 e. The van der Waals surface area contributed by atoms with E-state index in [1.54, 1.807) is 6.07 Å². The first-order valence-corrected chi connectivity index (χ1v) is 6.45. The van der Waals surface area contributed by atoms with Crippen LogP contribution in [-0.2, 0) is 6.42 Å². The van der Waals surface area contributed by atoms with Crippen LogP contribution in [0.3, 0.4) is 0 Å². The Balaban J connectivity index is 1.92. The van der Waals surface area contributed by atoms with Gasteiger partial charge in [-0.25, -0.2) is 8.78 Å². The standard InChI is InChI=1S/C16H14F2O2/c1-9-6-7-11(17)14(15(9)18)16(19)13-8-10-4-2-3-5-12(10)20-13/h2-7,13,16,19H,8H2,1H3. The van der Waals surface area contributed by atoms with Crippen molar-refractivity contribution >= 4 is 0 Å².